The fraction of sp³-hybridized carbons (Fsp3) is 0.545. The van der Waals surface area contributed by atoms with Crippen LogP contribution in [0.1, 0.15) is 142 Å². The van der Waals surface area contributed by atoms with E-state index in [0.29, 0.717) is 66.3 Å². The quantitative estimate of drug-likeness (QED) is 0.0406. The highest BCUT2D eigenvalue weighted by molar-refractivity contribution is 6.32. The fourth-order valence-electron chi connectivity index (χ4n) is 10.6. The molecular weight excluding hydrogens is 1090 g/mol. The zero-order chi connectivity index (χ0) is 60.2. The molecule has 3 N–H and O–H groups in total. The van der Waals surface area contributed by atoms with E-state index in [4.69, 9.17) is 52.2 Å². The highest BCUT2D eigenvalue weighted by Gasteiger charge is 2.43. The number of hydrogen-bond acceptors (Lipinski definition) is 14. The molecule has 83 heavy (non-hydrogen) atoms. The molecule has 17 heteroatoms. The van der Waals surface area contributed by atoms with Gasteiger partial charge < -0.3 is 34.1 Å². The highest BCUT2D eigenvalue weighted by atomic mass is 35.5. The lowest BCUT2D eigenvalue weighted by Gasteiger charge is -2.40. The van der Waals surface area contributed by atoms with Crippen LogP contribution in [0.25, 0.3) is 45.7 Å². The zero-order valence-electron chi connectivity index (χ0n) is 50.9. The number of ether oxygens (including phenoxy) is 3. The molecule has 15 nitrogen and oxygen atoms in total. The maximum absolute atomic E-state index is 12.9. The number of nitrogens with zero attached hydrogens (tertiary/aromatic N) is 6. The van der Waals surface area contributed by atoms with Crippen molar-refractivity contribution in [2.75, 3.05) is 60.2 Å². The molecule has 0 atom stereocenters. The van der Waals surface area contributed by atoms with Crippen molar-refractivity contribution in [1.82, 2.24) is 30.1 Å². The van der Waals surface area contributed by atoms with Gasteiger partial charge in [0.15, 0.2) is 0 Å². The van der Waals surface area contributed by atoms with Crippen LogP contribution in [-0.4, -0.2) is 113 Å². The van der Waals surface area contributed by atoms with Gasteiger partial charge >= 0.3 is 11.9 Å². The first-order valence-corrected chi connectivity index (χ1v) is 30.4. The number of methoxy groups -OCH3 is 2. The van der Waals surface area contributed by atoms with Gasteiger partial charge in [0.1, 0.15) is 0 Å². The van der Waals surface area contributed by atoms with Crippen LogP contribution in [-0.2, 0) is 49.7 Å². The Morgan fingerprint density at radius 1 is 0.627 bits per heavy atom. The summed E-state index contributed by atoms with van der Waals surface area (Å²) in [4.78, 5) is 38.9. The third kappa shape index (κ3) is 20.6. The number of halogens is 2. The standard InChI is InChI=1S/C32H42ClN3O4.C30H38ClN3O4.C4H11N/c1-5-39-31(37)32(14-6-7-19-38-4)15-17-36(18-16-32)22-24-8-10-25(11-9-24)29-34-30(40-35-29)27-13-12-26(20-23(2)3)28(33)21-27;1-21(2)18-24-10-11-25(19-26(24)31)28-32-27(33-38-28)23-8-6-22(7-9-23)20-34-15-13-30(14-16-34,29(35)36)12-4-5-17-37-3;1-4(2,3)5/h8-13,21,23H,5-7,14-20,22H2,1-4H3;6-11,19,21H,4-5,12-18,20H2,1-3H3,(H,35,36);5H2,1-3H3. The molecule has 0 saturated carbocycles. The first-order chi connectivity index (χ1) is 39.6. The Labute approximate surface area is 503 Å². The van der Waals surface area contributed by atoms with Gasteiger partial charge in [0.2, 0.25) is 11.6 Å². The number of esters is 1. The third-order valence-electron chi connectivity index (χ3n) is 15.2. The van der Waals surface area contributed by atoms with Crippen molar-refractivity contribution in [1.29, 1.82) is 0 Å². The Balaban J connectivity index is 0.000000247. The lowest BCUT2D eigenvalue weighted by Crippen LogP contribution is -2.45. The molecule has 4 heterocycles. The number of carboxylic acids is 1. The predicted octanol–water partition coefficient (Wildman–Crippen LogP) is 14.7. The molecule has 2 saturated heterocycles. The van der Waals surface area contributed by atoms with Gasteiger partial charge in [-0.3, -0.25) is 19.4 Å². The molecule has 0 amide bonds. The van der Waals surface area contributed by atoms with E-state index < -0.39 is 11.4 Å². The minimum absolute atomic E-state index is 0. The van der Waals surface area contributed by atoms with E-state index in [0.717, 1.165) is 148 Å². The smallest absolute Gasteiger partial charge is 0.312 e. The van der Waals surface area contributed by atoms with Crippen LogP contribution in [0.15, 0.2) is 94.0 Å². The summed E-state index contributed by atoms with van der Waals surface area (Å²) in [5.74, 6) is 2.35. The van der Waals surface area contributed by atoms with Gasteiger partial charge in [-0.25, -0.2) is 0 Å². The molecule has 0 aliphatic carbocycles. The third-order valence-corrected chi connectivity index (χ3v) is 15.9. The molecule has 2 aliphatic rings. The predicted molar refractivity (Wildman–Crippen MR) is 331 cm³/mol. The normalized spacial score (nSPS) is 15.4. The lowest BCUT2D eigenvalue weighted by molar-refractivity contribution is -0.159. The first kappa shape index (κ1) is 66.6. The number of hydrogen-bond donors (Lipinski definition) is 2. The largest absolute Gasteiger partial charge is 0.481 e. The van der Waals surface area contributed by atoms with Crippen molar-refractivity contribution in [2.45, 2.75) is 151 Å². The second kappa shape index (κ2) is 32.1. The molecule has 0 spiro atoms. The number of benzene rings is 4. The number of aromatic nitrogens is 4. The van der Waals surface area contributed by atoms with Gasteiger partial charge in [-0.15, -0.1) is 0 Å². The van der Waals surface area contributed by atoms with Crippen molar-refractivity contribution >= 4 is 35.1 Å². The van der Waals surface area contributed by atoms with Gasteiger partial charge in [-0.2, -0.15) is 9.97 Å². The van der Waals surface area contributed by atoms with Crippen LogP contribution in [0.5, 0.6) is 0 Å². The van der Waals surface area contributed by atoms with E-state index in [1.54, 1.807) is 14.2 Å². The van der Waals surface area contributed by atoms with Crippen LogP contribution in [0.4, 0.5) is 0 Å². The van der Waals surface area contributed by atoms with E-state index in [1.165, 1.54) is 11.1 Å². The molecule has 2 fully saturated rings. The second-order valence-electron chi connectivity index (χ2n) is 24.5. The summed E-state index contributed by atoms with van der Waals surface area (Å²) in [6, 6.07) is 28.3. The zero-order valence-corrected chi connectivity index (χ0v) is 52.4. The first-order valence-electron chi connectivity index (χ1n) is 29.7. The number of rotatable bonds is 25. The molecule has 8 rings (SSSR count). The molecule has 452 valence electrons. The van der Waals surface area contributed by atoms with Crippen molar-refractivity contribution < 1.29 is 38.0 Å². The van der Waals surface area contributed by atoms with E-state index in [1.807, 2.05) is 88.4 Å². The van der Waals surface area contributed by atoms with Gasteiger partial charge in [0, 0.05) is 78.4 Å². The molecule has 4 aromatic carbocycles. The van der Waals surface area contributed by atoms with Gasteiger partial charge in [0.25, 0.3) is 11.8 Å². The van der Waals surface area contributed by atoms with Gasteiger partial charge in [-0.1, -0.05) is 135 Å². The van der Waals surface area contributed by atoms with E-state index in [9.17, 15) is 14.7 Å². The number of piperidine rings is 2. The number of carbonyl (C=O) groups excluding carboxylic acids is 1. The maximum atomic E-state index is 12.9. The Morgan fingerprint density at radius 3 is 1.35 bits per heavy atom. The lowest BCUT2D eigenvalue weighted by atomic mass is 9.74. The van der Waals surface area contributed by atoms with Crippen LogP contribution >= 0.6 is 23.2 Å². The average molecular weight is 1180 g/mol. The molecule has 0 bridgehead atoms. The van der Waals surface area contributed by atoms with Gasteiger partial charge in [-0.05, 0) is 176 Å². The van der Waals surface area contributed by atoms with Crippen molar-refractivity contribution in [3.63, 3.8) is 0 Å². The summed E-state index contributed by atoms with van der Waals surface area (Å²) in [6.07, 6.45) is 10.2. The van der Waals surface area contributed by atoms with Gasteiger partial charge in [0.05, 0.1) is 17.4 Å². The topological polar surface area (TPSA) is 192 Å². The van der Waals surface area contributed by atoms with Crippen LogP contribution in [0.2, 0.25) is 10.0 Å². The van der Waals surface area contributed by atoms with Crippen molar-refractivity contribution in [2.24, 2.45) is 28.4 Å². The Hall–Kier alpha value is -5.52. The number of aliphatic carboxylic acids is 1. The Morgan fingerprint density at radius 2 is 1.00 bits per heavy atom. The SMILES string of the molecule is CC(C)(C)N.CCOC(=O)C1(CCCCOC)CCN(Cc2ccc(-c3noc(-c4ccc(CC(C)C)c(Cl)c4)n3)cc2)CC1.COCCCCC1(C(=O)O)CCN(Cc2ccc(-c3noc(-c4ccc(CC(C)C)c(Cl)c4)n3)cc2)CC1. The van der Waals surface area contributed by atoms with E-state index >= 15 is 0 Å². The highest BCUT2D eigenvalue weighted by Crippen LogP contribution is 2.40. The van der Waals surface area contributed by atoms with Crippen LogP contribution in [0, 0.1) is 22.7 Å². The van der Waals surface area contributed by atoms with Crippen LogP contribution in [0.3, 0.4) is 0 Å². The minimum atomic E-state index is -0.660. The summed E-state index contributed by atoms with van der Waals surface area (Å²) in [7, 11) is 3.40. The maximum Gasteiger partial charge on any atom is 0.312 e. The number of carbonyl (C=O) groups is 2. The number of unbranched alkanes of at least 4 members (excludes halogenated alkanes) is 2. The summed E-state index contributed by atoms with van der Waals surface area (Å²) >= 11 is 13.0. The number of carboxylic acid groups (broad SMARTS) is 1. The van der Waals surface area contributed by atoms with Crippen molar-refractivity contribution in [3.8, 4) is 45.7 Å². The Bertz CT molecular complexity index is 2910. The van der Waals surface area contributed by atoms with Crippen LogP contribution < -0.4 is 5.73 Å². The number of likely N-dealkylation sites (tertiary alicyclic amines) is 2. The summed E-state index contributed by atoms with van der Waals surface area (Å²) in [6.45, 7) is 23.2. The monoisotopic (exact) mass is 1180 g/mol. The summed E-state index contributed by atoms with van der Waals surface area (Å²) < 4.78 is 26.9. The van der Waals surface area contributed by atoms with E-state index in [-0.39, 0.29) is 16.9 Å². The molecule has 2 aromatic heterocycles. The molecule has 2 aliphatic heterocycles. The molecular formula is C66H91Cl2N7O8. The summed E-state index contributed by atoms with van der Waals surface area (Å²) in [5, 5.41) is 19.7. The van der Waals surface area contributed by atoms with Crippen molar-refractivity contribution in [3.05, 3.63) is 117 Å². The minimum Gasteiger partial charge on any atom is -0.481 e. The van der Waals surface area contributed by atoms with E-state index in [2.05, 4.69) is 82.0 Å². The fourth-order valence-corrected chi connectivity index (χ4v) is 11.1. The number of nitrogens with two attached hydrogens (primary N) is 1. The molecule has 0 radical (unpaired) electrons. The molecule has 0 unspecified atom stereocenters. The molecule has 6 aromatic rings. The average Bonchev–Trinajstić information content (AvgIpc) is 4.26. The Kier molecular flexibility index (Phi) is 25.8. The summed E-state index contributed by atoms with van der Waals surface area (Å²) in [5.41, 5.74) is 12.4. The second-order valence-corrected chi connectivity index (χ2v) is 25.3.